The molecule has 27 heavy (non-hydrogen) atoms. The summed E-state index contributed by atoms with van der Waals surface area (Å²) in [4.78, 5) is 15.5. The molecule has 0 fully saturated rings. The average Bonchev–Trinajstić information content (AvgIpc) is 2.99. The third-order valence-corrected chi connectivity index (χ3v) is 6.02. The van der Waals surface area contributed by atoms with Gasteiger partial charge in [0.1, 0.15) is 5.15 Å². The standard InChI is InChI=1S/C18H17ClN2O5S/c1-18(2,17(22)23)26-11-12-10-14-15(8-9-16(19)20-14)21(12)27(24,25)13-6-4-3-5-7-13/h3-10H,11H2,1-2H3,(H,22,23). The highest BCUT2D eigenvalue weighted by Crippen LogP contribution is 2.27. The minimum atomic E-state index is -3.95. The monoisotopic (exact) mass is 408 g/mol. The molecule has 2 aromatic heterocycles. The molecule has 0 aliphatic rings. The molecular weight excluding hydrogens is 392 g/mol. The maximum Gasteiger partial charge on any atom is 0.335 e. The fraction of sp³-hybridized carbons (Fsp3) is 0.222. The van der Waals surface area contributed by atoms with Gasteiger partial charge in [-0.1, -0.05) is 29.8 Å². The third kappa shape index (κ3) is 3.69. The Balaban J connectivity index is 2.16. The highest BCUT2D eigenvalue weighted by Gasteiger charge is 2.30. The Morgan fingerprint density at radius 1 is 1.22 bits per heavy atom. The second kappa shape index (κ2) is 6.95. The van der Waals surface area contributed by atoms with E-state index in [1.165, 1.54) is 38.1 Å². The quantitative estimate of drug-likeness (QED) is 0.628. The second-order valence-electron chi connectivity index (χ2n) is 6.36. The van der Waals surface area contributed by atoms with Gasteiger partial charge < -0.3 is 9.84 Å². The molecule has 1 N–H and O–H groups in total. The Kier molecular flexibility index (Phi) is 4.98. The first-order valence-corrected chi connectivity index (χ1v) is 9.79. The molecule has 0 spiro atoms. The number of hydrogen-bond acceptors (Lipinski definition) is 5. The molecule has 9 heteroatoms. The Morgan fingerprint density at radius 2 is 1.89 bits per heavy atom. The van der Waals surface area contributed by atoms with Crippen LogP contribution in [-0.4, -0.2) is 34.1 Å². The zero-order valence-electron chi connectivity index (χ0n) is 14.6. The summed E-state index contributed by atoms with van der Waals surface area (Å²) in [7, 11) is -3.95. The minimum absolute atomic E-state index is 0.0937. The van der Waals surface area contributed by atoms with Crippen molar-refractivity contribution in [3.8, 4) is 0 Å². The molecule has 0 amide bonds. The Morgan fingerprint density at radius 3 is 2.52 bits per heavy atom. The van der Waals surface area contributed by atoms with E-state index in [2.05, 4.69) is 4.98 Å². The number of fused-ring (bicyclic) bond motifs is 1. The number of hydrogen-bond donors (Lipinski definition) is 1. The Bertz CT molecular complexity index is 1110. The first kappa shape index (κ1) is 19.3. The zero-order chi connectivity index (χ0) is 19.8. The van der Waals surface area contributed by atoms with Crippen molar-refractivity contribution < 1.29 is 23.1 Å². The third-order valence-electron chi connectivity index (χ3n) is 4.03. The SMILES string of the molecule is CC(C)(OCc1cc2nc(Cl)ccc2n1S(=O)(=O)c1ccccc1)C(=O)O. The lowest BCUT2D eigenvalue weighted by molar-refractivity contribution is -0.162. The molecule has 0 aliphatic carbocycles. The largest absolute Gasteiger partial charge is 0.479 e. The predicted octanol–water partition coefficient (Wildman–Crippen LogP) is 3.31. The van der Waals surface area contributed by atoms with Crippen molar-refractivity contribution in [3.05, 3.63) is 59.4 Å². The molecular formula is C18H17ClN2O5S. The van der Waals surface area contributed by atoms with Crippen LogP contribution in [0, 0.1) is 0 Å². The van der Waals surface area contributed by atoms with E-state index in [-0.39, 0.29) is 22.3 Å². The first-order chi connectivity index (χ1) is 12.6. The maximum atomic E-state index is 13.2. The van der Waals surface area contributed by atoms with Gasteiger partial charge in [-0.3, -0.25) is 0 Å². The van der Waals surface area contributed by atoms with Gasteiger partial charge in [0.15, 0.2) is 5.60 Å². The summed E-state index contributed by atoms with van der Waals surface area (Å²) in [5, 5.41) is 9.44. The number of pyridine rings is 1. The predicted molar refractivity (Wildman–Crippen MR) is 100 cm³/mol. The van der Waals surface area contributed by atoms with Crippen molar-refractivity contribution in [1.29, 1.82) is 0 Å². The normalized spacial score (nSPS) is 12.4. The summed E-state index contributed by atoms with van der Waals surface area (Å²) in [6.07, 6.45) is 0. The van der Waals surface area contributed by atoms with Crippen LogP contribution < -0.4 is 0 Å². The van der Waals surface area contributed by atoms with Crippen LogP contribution in [0.25, 0.3) is 11.0 Å². The fourth-order valence-corrected chi connectivity index (χ4v) is 4.18. The van der Waals surface area contributed by atoms with Gasteiger partial charge in [-0.25, -0.2) is 22.2 Å². The number of halogens is 1. The Hall–Kier alpha value is -2.42. The average molecular weight is 409 g/mol. The van der Waals surface area contributed by atoms with Crippen molar-refractivity contribution in [2.24, 2.45) is 0 Å². The summed E-state index contributed by atoms with van der Waals surface area (Å²) >= 11 is 5.92. The topological polar surface area (TPSA) is 98.5 Å². The molecule has 0 radical (unpaired) electrons. The van der Waals surface area contributed by atoms with Crippen molar-refractivity contribution in [1.82, 2.24) is 8.96 Å². The lowest BCUT2D eigenvalue weighted by atomic mass is 10.1. The number of carboxylic acids is 1. The summed E-state index contributed by atoms with van der Waals surface area (Å²) < 4.78 is 33.0. The van der Waals surface area contributed by atoms with E-state index >= 15 is 0 Å². The maximum absolute atomic E-state index is 13.2. The Labute approximate surface area is 161 Å². The number of rotatable bonds is 6. The number of nitrogens with zero attached hydrogens (tertiary/aromatic N) is 2. The number of aromatic nitrogens is 2. The lowest BCUT2D eigenvalue weighted by Gasteiger charge is -2.20. The molecule has 0 saturated carbocycles. The number of carboxylic acid groups (broad SMARTS) is 1. The zero-order valence-corrected chi connectivity index (χ0v) is 16.2. The number of aliphatic carboxylic acids is 1. The van der Waals surface area contributed by atoms with E-state index in [4.69, 9.17) is 16.3 Å². The molecule has 2 heterocycles. The first-order valence-electron chi connectivity index (χ1n) is 7.98. The highest BCUT2D eigenvalue weighted by atomic mass is 35.5. The van der Waals surface area contributed by atoms with Gasteiger partial charge >= 0.3 is 5.97 Å². The van der Waals surface area contributed by atoms with Gasteiger partial charge in [-0.05, 0) is 44.2 Å². The van der Waals surface area contributed by atoms with Gasteiger partial charge in [0.05, 0.1) is 28.2 Å². The highest BCUT2D eigenvalue weighted by molar-refractivity contribution is 7.90. The molecule has 0 aliphatic heterocycles. The van der Waals surface area contributed by atoms with E-state index in [9.17, 15) is 18.3 Å². The number of benzene rings is 1. The number of ether oxygens (including phenoxy) is 1. The van der Waals surface area contributed by atoms with E-state index in [0.717, 1.165) is 3.97 Å². The van der Waals surface area contributed by atoms with Gasteiger partial charge in [0.2, 0.25) is 0 Å². The molecule has 0 atom stereocenters. The van der Waals surface area contributed by atoms with E-state index in [1.54, 1.807) is 24.3 Å². The van der Waals surface area contributed by atoms with Crippen molar-refractivity contribution >= 4 is 38.6 Å². The van der Waals surface area contributed by atoms with Crippen LogP contribution >= 0.6 is 11.6 Å². The van der Waals surface area contributed by atoms with Crippen LogP contribution in [0.4, 0.5) is 0 Å². The van der Waals surface area contributed by atoms with Crippen LogP contribution in [0.3, 0.4) is 0 Å². The minimum Gasteiger partial charge on any atom is -0.479 e. The summed E-state index contributed by atoms with van der Waals surface area (Å²) in [5.41, 5.74) is -0.537. The second-order valence-corrected chi connectivity index (χ2v) is 8.53. The van der Waals surface area contributed by atoms with Crippen LogP contribution in [0.15, 0.2) is 53.4 Å². The smallest absolute Gasteiger partial charge is 0.335 e. The molecule has 0 bridgehead atoms. The lowest BCUT2D eigenvalue weighted by Crippen LogP contribution is -2.34. The van der Waals surface area contributed by atoms with Crippen molar-refractivity contribution in [3.63, 3.8) is 0 Å². The number of carbonyl (C=O) groups is 1. The molecule has 0 unspecified atom stereocenters. The summed E-state index contributed by atoms with van der Waals surface area (Å²) in [6, 6.07) is 12.5. The van der Waals surface area contributed by atoms with Gasteiger partial charge in [-0.15, -0.1) is 0 Å². The van der Waals surface area contributed by atoms with Crippen LogP contribution in [0.2, 0.25) is 5.15 Å². The van der Waals surface area contributed by atoms with Crippen LogP contribution in [-0.2, 0) is 26.2 Å². The van der Waals surface area contributed by atoms with E-state index in [0.29, 0.717) is 11.0 Å². The van der Waals surface area contributed by atoms with Gasteiger partial charge in [0, 0.05) is 0 Å². The van der Waals surface area contributed by atoms with Gasteiger partial charge in [-0.2, -0.15) is 0 Å². The van der Waals surface area contributed by atoms with Crippen LogP contribution in [0.5, 0.6) is 0 Å². The fourth-order valence-electron chi connectivity index (χ4n) is 2.49. The van der Waals surface area contributed by atoms with Gasteiger partial charge in [0.25, 0.3) is 10.0 Å². The van der Waals surface area contributed by atoms with Crippen LogP contribution in [0.1, 0.15) is 19.5 Å². The molecule has 3 aromatic rings. The van der Waals surface area contributed by atoms with Crippen molar-refractivity contribution in [2.75, 3.05) is 0 Å². The van der Waals surface area contributed by atoms with E-state index < -0.39 is 21.6 Å². The molecule has 7 nitrogen and oxygen atoms in total. The summed E-state index contributed by atoms with van der Waals surface area (Å²) in [5.74, 6) is -1.16. The summed E-state index contributed by atoms with van der Waals surface area (Å²) in [6.45, 7) is 2.55. The van der Waals surface area contributed by atoms with Crippen molar-refractivity contribution in [2.45, 2.75) is 31.0 Å². The molecule has 142 valence electrons. The van der Waals surface area contributed by atoms with E-state index in [1.807, 2.05) is 0 Å². The molecule has 0 saturated heterocycles. The molecule has 3 rings (SSSR count). The molecule has 1 aromatic carbocycles.